The second-order valence-corrected chi connectivity index (χ2v) is 9.85. The van der Waals surface area contributed by atoms with Gasteiger partial charge in [-0.1, -0.05) is 20.8 Å². The smallest absolute Gasteiger partial charge is 0.213 e. The maximum atomic E-state index is 11.7. The molecule has 0 aliphatic carbocycles. The third kappa shape index (κ3) is 10.9. The van der Waals surface area contributed by atoms with Crippen LogP contribution in [0, 0.1) is 5.41 Å². The first-order valence-electron chi connectivity index (χ1n) is 9.00. The predicted octanol–water partition coefficient (Wildman–Crippen LogP) is 2.43. The monoisotopic (exact) mass is 362 g/mol. The van der Waals surface area contributed by atoms with Crippen LogP contribution in [0.5, 0.6) is 0 Å². The van der Waals surface area contributed by atoms with Crippen molar-refractivity contribution in [2.75, 3.05) is 32.4 Å². The van der Waals surface area contributed by atoms with Crippen molar-refractivity contribution in [2.24, 2.45) is 10.4 Å². The van der Waals surface area contributed by atoms with Gasteiger partial charge >= 0.3 is 0 Å². The molecule has 0 aliphatic rings. The molecule has 0 aromatic rings. The summed E-state index contributed by atoms with van der Waals surface area (Å²) in [5.41, 5.74) is 0.334. The molecule has 0 spiro atoms. The molecule has 0 aliphatic heterocycles. The zero-order chi connectivity index (χ0) is 18.8. The van der Waals surface area contributed by atoms with Gasteiger partial charge in [-0.2, -0.15) is 0 Å². The first kappa shape index (κ1) is 23.2. The summed E-state index contributed by atoms with van der Waals surface area (Å²) in [7, 11) is -1.47. The zero-order valence-corrected chi connectivity index (χ0v) is 17.5. The Morgan fingerprint density at radius 3 is 2.38 bits per heavy atom. The largest absolute Gasteiger partial charge is 0.357 e. The molecule has 0 radical (unpaired) electrons. The van der Waals surface area contributed by atoms with Crippen molar-refractivity contribution in [3.8, 4) is 0 Å². The fourth-order valence-electron chi connectivity index (χ4n) is 2.12. The molecule has 0 saturated carbocycles. The highest BCUT2D eigenvalue weighted by atomic mass is 32.2. The molecule has 0 bridgehead atoms. The minimum absolute atomic E-state index is 0.141. The highest BCUT2D eigenvalue weighted by Crippen LogP contribution is 2.21. The van der Waals surface area contributed by atoms with Gasteiger partial charge in [-0.3, -0.25) is 4.99 Å². The molecular weight excluding hydrogens is 324 g/mol. The molecule has 0 rings (SSSR count). The lowest BCUT2D eigenvalue weighted by Gasteiger charge is -2.23. The van der Waals surface area contributed by atoms with E-state index in [0.29, 0.717) is 31.0 Å². The molecule has 6 nitrogen and oxygen atoms in total. The lowest BCUT2D eigenvalue weighted by atomic mass is 9.89. The van der Waals surface area contributed by atoms with Gasteiger partial charge in [0, 0.05) is 32.7 Å². The minimum Gasteiger partial charge on any atom is -0.357 e. The fourth-order valence-corrected chi connectivity index (χ4v) is 2.97. The Labute approximate surface area is 149 Å². The highest BCUT2D eigenvalue weighted by molar-refractivity contribution is 7.89. The molecular formula is C17H38N4O2S. The van der Waals surface area contributed by atoms with Crippen molar-refractivity contribution in [1.82, 2.24) is 14.9 Å². The van der Waals surface area contributed by atoms with Crippen LogP contribution in [0.2, 0.25) is 0 Å². The average molecular weight is 363 g/mol. The molecule has 0 saturated heterocycles. The fraction of sp³-hybridized carbons (Fsp3) is 0.941. The Kier molecular flexibility index (Phi) is 10.6. The molecule has 1 atom stereocenters. The number of nitrogens with one attached hydrogen (secondary N) is 2. The molecule has 1 unspecified atom stereocenters. The summed E-state index contributed by atoms with van der Waals surface area (Å²) < 4.78 is 24.8. The van der Waals surface area contributed by atoms with E-state index in [1.165, 1.54) is 4.31 Å². The molecule has 7 heteroatoms. The summed E-state index contributed by atoms with van der Waals surface area (Å²) in [5.74, 6) is 0.947. The summed E-state index contributed by atoms with van der Waals surface area (Å²) in [6.07, 6.45) is 2.95. The second kappa shape index (κ2) is 10.9. The summed E-state index contributed by atoms with van der Waals surface area (Å²) in [5, 5.41) is 6.67. The van der Waals surface area contributed by atoms with Gasteiger partial charge in [-0.25, -0.2) is 12.7 Å². The topological polar surface area (TPSA) is 73.8 Å². The van der Waals surface area contributed by atoms with Crippen LogP contribution in [0.25, 0.3) is 0 Å². The molecule has 2 N–H and O–H groups in total. The van der Waals surface area contributed by atoms with Gasteiger partial charge in [0.15, 0.2) is 5.96 Å². The van der Waals surface area contributed by atoms with Gasteiger partial charge in [-0.15, -0.1) is 0 Å². The molecule has 0 aromatic carbocycles. The van der Waals surface area contributed by atoms with E-state index in [-0.39, 0.29) is 5.75 Å². The molecule has 0 fully saturated rings. The third-order valence-electron chi connectivity index (χ3n) is 3.80. The van der Waals surface area contributed by atoms with E-state index < -0.39 is 10.0 Å². The predicted molar refractivity (Wildman–Crippen MR) is 104 cm³/mol. The SMILES string of the molecule is CCNC(=NCCCN(C)S(=O)(=O)CC)NC(C)CCC(C)(C)C. The number of sulfonamides is 1. The van der Waals surface area contributed by atoms with Crippen LogP contribution in [-0.4, -0.2) is 57.2 Å². The van der Waals surface area contributed by atoms with Crippen molar-refractivity contribution in [3.05, 3.63) is 0 Å². The van der Waals surface area contributed by atoms with Gasteiger partial charge in [0.1, 0.15) is 0 Å². The van der Waals surface area contributed by atoms with Crippen molar-refractivity contribution < 1.29 is 8.42 Å². The second-order valence-electron chi connectivity index (χ2n) is 7.48. The van der Waals surface area contributed by atoms with Crippen LogP contribution in [0.15, 0.2) is 4.99 Å². The lowest BCUT2D eigenvalue weighted by molar-refractivity contribution is 0.346. The van der Waals surface area contributed by atoms with E-state index in [2.05, 4.69) is 43.3 Å². The standard InChI is InChI=1S/C17H38N4O2S/c1-8-18-16(20-15(3)11-12-17(4,5)6)19-13-10-14-21(7)24(22,23)9-2/h15H,8-14H2,1-7H3,(H2,18,19,20). The molecule has 0 aromatic heterocycles. The van der Waals surface area contributed by atoms with Crippen molar-refractivity contribution in [3.63, 3.8) is 0 Å². The van der Waals surface area contributed by atoms with Gasteiger partial charge < -0.3 is 10.6 Å². The Bertz CT molecular complexity index is 469. The highest BCUT2D eigenvalue weighted by Gasteiger charge is 2.15. The van der Waals surface area contributed by atoms with E-state index in [9.17, 15) is 8.42 Å². The maximum absolute atomic E-state index is 11.7. The van der Waals surface area contributed by atoms with Crippen LogP contribution in [0.1, 0.15) is 60.8 Å². The summed E-state index contributed by atoms with van der Waals surface area (Å²) in [4.78, 5) is 4.55. The summed E-state index contributed by atoms with van der Waals surface area (Å²) in [6.45, 7) is 14.5. The molecule has 0 heterocycles. The number of aliphatic imine (C=N–C) groups is 1. The quantitative estimate of drug-likeness (QED) is 0.356. The van der Waals surface area contributed by atoms with E-state index in [4.69, 9.17) is 0 Å². The van der Waals surface area contributed by atoms with Gasteiger partial charge in [-0.05, 0) is 45.4 Å². The van der Waals surface area contributed by atoms with Crippen LogP contribution >= 0.6 is 0 Å². The number of nitrogens with zero attached hydrogens (tertiary/aromatic N) is 2. The third-order valence-corrected chi connectivity index (χ3v) is 5.66. The lowest BCUT2D eigenvalue weighted by Crippen LogP contribution is -2.42. The van der Waals surface area contributed by atoms with Gasteiger partial charge in [0.2, 0.25) is 10.0 Å². The maximum Gasteiger partial charge on any atom is 0.213 e. The first-order valence-corrected chi connectivity index (χ1v) is 10.6. The number of guanidine groups is 1. The van der Waals surface area contributed by atoms with Crippen LogP contribution in [0.3, 0.4) is 0 Å². The molecule has 144 valence electrons. The zero-order valence-electron chi connectivity index (χ0n) is 16.6. The number of hydrogen-bond donors (Lipinski definition) is 2. The Morgan fingerprint density at radius 2 is 1.88 bits per heavy atom. The van der Waals surface area contributed by atoms with E-state index in [0.717, 1.165) is 25.3 Å². The van der Waals surface area contributed by atoms with Crippen LogP contribution < -0.4 is 10.6 Å². The Balaban J connectivity index is 4.37. The number of hydrogen-bond acceptors (Lipinski definition) is 3. The van der Waals surface area contributed by atoms with Crippen LogP contribution in [-0.2, 0) is 10.0 Å². The normalized spacial score (nSPS) is 14.8. The van der Waals surface area contributed by atoms with Gasteiger partial charge in [0.25, 0.3) is 0 Å². The van der Waals surface area contributed by atoms with Crippen molar-refractivity contribution in [1.29, 1.82) is 0 Å². The summed E-state index contributed by atoms with van der Waals surface area (Å²) >= 11 is 0. The van der Waals surface area contributed by atoms with Crippen LogP contribution in [0.4, 0.5) is 0 Å². The first-order chi connectivity index (χ1) is 11.0. The van der Waals surface area contributed by atoms with Gasteiger partial charge in [0.05, 0.1) is 5.75 Å². The van der Waals surface area contributed by atoms with Crippen molar-refractivity contribution in [2.45, 2.75) is 66.8 Å². The molecule has 0 amide bonds. The van der Waals surface area contributed by atoms with E-state index in [1.54, 1.807) is 14.0 Å². The Morgan fingerprint density at radius 1 is 1.25 bits per heavy atom. The molecule has 24 heavy (non-hydrogen) atoms. The van der Waals surface area contributed by atoms with Crippen molar-refractivity contribution >= 4 is 16.0 Å². The number of rotatable bonds is 10. The minimum atomic E-state index is -3.10. The van der Waals surface area contributed by atoms with E-state index in [1.807, 2.05) is 6.92 Å². The summed E-state index contributed by atoms with van der Waals surface area (Å²) in [6, 6.07) is 0.352. The average Bonchev–Trinajstić information content (AvgIpc) is 2.48. The Hall–Kier alpha value is -0.820. The van der Waals surface area contributed by atoms with E-state index >= 15 is 0 Å².